The van der Waals surface area contributed by atoms with E-state index < -0.39 is 15.8 Å². The van der Waals surface area contributed by atoms with Crippen LogP contribution in [0.5, 0.6) is 0 Å². The van der Waals surface area contributed by atoms with E-state index in [9.17, 15) is 12.8 Å². The van der Waals surface area contributed by atoms with Crippen molar-refractivity contribution in [1.82, 2.24) is 4.72 Å². The summed E-state index contributed by atoms with van der Waals surface area (Å²) >= 11 is 3.09. The van der Waals surface area contributed by atoms with Crippen LogP contribution in [0.3, 0.4) is 0 Å². The van der Waals surface area contributed by atoms with Gasteiger partial charge in [-0.25, -0.2) is 17.5 Å². The molecule has 0 saturated heterocycles. The molecule has 0 aliphatic rings. The Morgan fingerprint density at radius 2 is 2.06 bits per heavy atom. The highest BCUT2D eigenvalue weighted by Crippen LogP contribution is 2.19. The maximum atomic E-state index is 13.5. The summed E-state index contributed by atoms with van der Waals surface area (Å²) in [5.74, 6) is -0.223. The SMILES string of the molecule is CC(C)CCCNS(=O)(=O)c1ccc(Br)cc1F. The van der Waals surface area contributed by atoms with Crippen molar-refractivity contribution < 1.29 is 12.8 Å². The average Bonchev–Trinajstić information content (AvgIpc) is 2.23. The average molecular weight is 338 g/mol. The second kappa shape index (κ2) is 6.63. The van der Waals surface area contributed by atoms with Crippen LogP contribution in [0.15, 0.2) is 27.6 Å². The summed E-state index contributed by atoms with van der Waals surface area (Å²) in [5, 5.41) is 0. The van der Waals surface area contributed by atoms with E-state index in [4.69, 9.17) is 0 Å². The summed E-state index contributed by atoms with van der Waals surface area (Å²) in [7, 11) is -3.75. The molecule has 6 heteroatoms. The van der Waals surface area contributed by atoms with E-state index in [0.717, 1.165) is 18.9 Å². The highest BCUT2D eigenvalue weighted by atomic mass is 79.9. The predicted molar refractivity (Wildman–Crippen MR) is 73.4 cm³/mol. The van der Waals surface area contributed by atoms with Gasteiger partial charge in [-0.1, -0.05) is 29.8 Å². The number of sulfonamides is 1. The van der Waals surface area contributed by atoms with Gasteiger partial charge in [-0.05, 0) is 37.0 Å². The normalized spacial score (nSPS) is 12.1. The van der Waals surface area contributed by atoms with Crippen LogP contribution in [-0.2, 0) is 10.0 Å². The molecule has 0 spiro atoms. The van der Waals surface area contributed by atoms with Crippen LogP contribution in [0.4, 0.5) is 4.39 Å². The molecule has 0 aliphatic heterocycles. The molecule has 0 amide bonds. The minimum atomic E-state index is -3.75. The van der Waals surface area contributed by atoms with Gasteiger partial charge in [-0.2, -0.15) is 0 Å². The first kappa shape index (κ1) is 15.6. The molecule has 1 aromatic rings. The van der Waals surface area contributed by atoms with Gasteiger partial charge in [-0.15, -0.1) is 0 Å². The van der Waals surface area contributed by atoms with Crippen molar-refractivity contribution in [3.63, 3.8) is 0 Å². The predicted octanol–water partition coefficient (Wildman–Crippen LogP) is 3.30. The Labute approximate surface area is 116 Å². The zero-order valence-corrected chi connectivity index (χ0v) is 12.8. The molecule has 0 heterocycles. The molecule has 0 aliphatic carbocycles. The quantitative estimate of drug-likeness (QED) is 0.809. The van der Waals surface area contributed by atoms with Gasteiger partial charge in [0.2, 0.25) is 10.0 Å². The summed E-state index contributed by atoms with van der Waals surface area (Å²) in [4.78, 5) is -0.310. The van der Waals surface area contributed by atoms with Crippen molar-refractivity contribution in [3.8, 4) is 0 Å². The smallest absolute Gasteiger partial charge is 0.211 e. The summed E-state index contributed by atoms with van der Waals surface area (Å²) in [6.45, 7) is 4.47. The molecule has 0 atom stereocenters. The Morgan fingerprint density at radius 3 is 2.61 bits per heavy atom. The Bertz CT molecular complexity index is 503. The molecular weight excluding hydrogens is 321 g/mol. The molecule has 0 saturated carbocycles. The summed E-state index contributed by atoms with van der Waals surface area (Å²) in [6.07, 6.45) is 1.68. The van der Waals surface area contributed by atoms with Crippen molar-refractivity contribution in [3.05, 3.63) is 28.5 Å². The number of nitrogens with one attached hydrogen (secondary N) is 1. The molecule has 1 N–H and O–H groups in total. The molecule has 0 bridgehead atoms. The zero-order valence-electron chi connectivity index (χ0n) is 10.4. The fraction of sp³-hybridized carbons (Fsp3) is 0.500. The Balaban J connectivity index is 2.69. The van der Waals surface area contributed by atoms with Crippen molar-refractivity contribution in [1.29, 1.82) is 0 Å². The first-order chi connectivity index (χ1) is 8.33. The van der Waals surface area contributed by atoms with Gasteiger partial charge in [0.25, 0.3) is 0 Å². The lowest BCUT2D eigenvalue weighted by Gasteiger charge is -2.08. The molecule has 102 valence electrons. The van der Waals surface area contributed by atoms with E-state index in [1.165, 1.54) is 12.1 Å². The molecular formula is C12H17BrFNO2S. The maximum absolute atomic E-state index is 13.5. The van der Waals surface area contributed by atoms with E-state index in [0.29, 0.717) is 16.9 Å². The molecule has 1 aromatic carbocycles. The lowest BCUT2D eigenvalue weighted by molar-refractivity contribution is 0.533. The van der Waals surface area contributed by atoms with Crippen molar-refractivity contribution in [2.75, 3.05) is 6.54 Å². The summed E-state index contributed by atoms with van der Waals surface area (Å²) in [5.41, 5.74) is 0. The molecule has 0 radical (unpaired) electrons. The summed E-state index contributed by atoms with van der Waals surface area (Å²) < 4.78 is 40.1. The fourth-order valence-electron chi connectivity index (χ4n) is 1.49. The Hall–Kier alpha value is -0.460. The number of benzene rings is 1. The first-order valence-corrected chi connectivity index (χ1v) is 8.05. The van der Waals surface area contributed by atoms with Gasteiger partial charge >= 0.3 is 0 Å². The largest absolute Gasteiger partial charge is 0.243 e. The van der Waals surface area contributed by atoms with E-state index in [1.54, 1.807) is 0 Å². The van der Waals surface area contributed by atoms with Crippen molar-refractivity contribution >= 4 is 26.0 Å². The third kappa shape index (κ3) is 4.66. The van der Waals surface area contributed by atoms with Crippen LogP contribution < -0.4 is 4.72 Å². The minimum absolute atomic E-state index is 0.310. The van der Waals surface area contributed by atoms with E-state index in [1.807, 2.05) is 0 Å². The Morgan fingerprint density at radius 1 is 1.39 bits per heavy atom. The van der Waals surface area contributed by atoms with E-state index in [-0.39, 0.29) is 4.90 Å². The summed E-state index contributed by atoms with van der Waals surface area (Å²) in [6, 6.07) is 3.90. The van der Waals surface area contributed by atoms with Crippen LogP contribution in [0.1, 0.15) is 26.7 Å². The number of hydrogen-bond acceptors (Lipinski definition) is 2. The minimum Gasteiger partial charge on any atom is -0.211 e. The van der Waals surface area contributed by atoms with Crippen LogP contribution >= 0.6 is 15.9 Å². The third-order valence-corrected chi connectivity index (χ3v) is 4.42. The molecule has 0 unspecified atom stereocenters. The van der Waals surface area contributed by atoms with Gasteiger partial charge in [0.05, 0.1) is 0 Å². The van der Waals surface area contributed by atoms with Gasteiger partial charge in [0.15, 0.2) is 0 Å². The number of hydrogen-bond donors (Lipinski definition) is 1. The number of halogens is 2. The molecule has 3 nitrogen and oxygen atoms in total. The van der Waals surface area contributed by atoms with Gasteiger partial charge in [0, 0.05) is 11.0 Å². The van der Waals surface area contributed by atoms with Gasteiger partial charge < -0.3 is 0 Å². The van der Waals surface area contributed by atoms with Crippen LogP contribution in [0.2, 0.25) is 0 Å². The van der Waals surface area contributed by atoms with E-state index in [2.05, 4.69) is 34.5 Å². The second-order valence-electron chi connectivity index (χ2n) is 4.51. The third-order valence-electron chi connectivity index (χ3n) is 2.43. The maximum Gasteiger partial charge on any atom is 0.243 e. The standard InChI is InChI=1S/C12H17BrFNO2S/c1-9(2)4-3-7-15-18(16,17)12-6-5-10(13)8-11(12)14/h5-6,8-9,15H,3-4,7H2,1-2H3. The highest BCUT2D eigenvalue weighted by Gasteiger charge is 2.18. The lowest BCUT2D eigenvalue weighted by atomic mass is 10.1. The molecule has 18 heavy (non-hydrogen) atoms. The van der Waals surface area contributed by atoms with Crippen LogP contribution in [0.25, 0.3) is 0 Å². The fourth-order valence-corrected chi connectivity index (χ4v) is 2.95. The molecule has 1 rings (SSSR count). The number of rotatable bonds is 6. The molecule has 0 aromatic heterocycles. The first-order valence-electron chi connectivity index (χ1n) is 5.77. The van der Waals surface area contributed by atoms with Crippen molar-refractivity contribution in [2.45, 2.75) is 31.6 Å². The topological polar surface area (TPSA) is 46.2 Å². The van der Waals surface area contributed by atoms with Crippen LogP contribution in [-0.4, -0.2) is 15.0 Å². The van der Waals surface area contributed by atoms with Crippen molar-refractivity contribution in [2.24, 2.45) is 5.92 Å². The highest BCUT2D eigenvalue weighted by molar-refractivity contribution is 9.10. The molecule has 0 fully saturated rings. The van der Waals surface area contributed by atoms with Crippen LogP contribution in [0, 0.1) is 11.7 Å². The van der Waals surface area contributed by atoms with E-state index >= 15 is 0 Å². The Kier molecular flexibility index (Phi) is 5.75. The lowest BCUT2D eigenvalue weighted by Crippen LogP contribution is -2.25. The van der Waals surface area contributed by atoms with Gasteiger partial charge in [-0.3, -0.25) is 0 Å². The zero-order chi connectivity index (χ0) is 13.8. The monoisotopic (exact) mass is 337 g/mol. The van der Waals surface area contributed by atoms with Gasteiger partial charge in [0.1, 0.15) is 10.7 Å². The second-order valence-corrected chi connectivity index (χ2v) is 7.16.